The number of morpholine rings is 1. The number of rotatable bonds is 2. The van der Waals surface area contributed by atoms with Crippen LogP contribution in [-0.2, 0) is 22.5 Å². The molecule has 1 saturated heterocycles. The van der Waals surface area contributed by atoms with Gasteiger partial charge in [0.2, 0.25) is 0 Å². The van der Waals surface area contributed by atoms with Gasteiger partial charge < -0.3 is 14.4 Å². The first-order chi connectivity index (χ1) is 13.5. The average molecular weight is 437 g/mol. The molecule has 1 fully saturated rings. The van der Waals surface area contributed by atoms with Crippen LogP contribution in [0.3, 0.4) is 0 Å². The lowest BCUT2D eigenvalue weighted by molar-refractivity contribution is -0.0396. The van der Waals surface area contributed by atoms with E-state index >= 15 is 0 Å². The number of thiophene rings is 1. The standard InChI is InChI=1S/C19H21ClN4O2S2/c1-19(2)8-10-11(9-26-19)16(24-4-6-25-7-5-24)23-17-12(10)13-14(28-17)15(20)22-18(21-13)27-3/h4-9H2,1-3H3. The molecule has 28 heavy (non-hydrogen) atoms. The van der Waals surface area contributed by atoms with Gasteiger partial charge in [0.05, 0.1) is 35.6 Å². The Morgan fingerprint density at radius 1 is 1.14 bits per heavy atom. The van der Waals surface area contributed by atoms with Crippen molar-refractivity contribution in [2.75, 3.05) is 37.5 Å². The van der Waals surface area contributed by atoms with E-state index in [2.05, 4.69) is 23.7 Å². The van der Waals surface area contributed by atoms with Gasteiger partial charge in [-0.3, -0.25) is 0 Å². The van der Waals surface area contributed by atoms with Crippen molar-refractivity contribution in [2.24, 2.45) is 0 Å². The molecule has 0 amide bonds. The molecule has 0 atom stereocenters. The molecule has 2 aliphatic rings. The summed E-state index contributed by atoms with van der Waals surface area (Å²) >= 11 is 9.59. The van der Waals surface area contributed by atoms with E-state index in [-0.39, 0.29) is 5.60 Å². The number of hydrogen-bond donors (Lipinski definition) is 0. The molecule has 3 aromatic rings. The number of nitrogens with zero attached hydrogens (tertiary/aromatic N) is 4. The van der Waals surface area contributed by atoms with Crippen molar-refractivity contribution in [1.82, 2.24) is 15.0 Å². The monoisotopic (exact) mass is 436 g/mol. The van der Waals surface area contributed by atoms with Crippen LogP contribution in [0.1, 0.15) is 25.0 Å². The van der Waals surface area contributed by atoms with E-state index in [1.54, 1.807) is 11.3 Å². The first-order valence-electron chi connectivity index (χ1n) is 9.29. The topological polar surface area (TPSA) is 60.4 Å². The maximum Gasteiger partial charge on any atom is 0.189 e. The SMILES string of the molecule is CSc1nc(Cl)c2sc3nc(N4CCOCC4)c4c(c3c2n1)CC(C)(C)OC4. The third-order valence-corrected chi connectivity index (χ3v) is 7.31. The maximum absolute atomic E-state index is 6.51. The van der Waals surface area contributed by atoms with Gasteiger partial charge in [0.1, 0.15) is 10.6 Å². The molecule has 148 valence electrons. The minimum absolute atomic E-state index is 0.225. The molecule has 5 rings (SSSR count). The fourth-order valence-electron chi connectivity index (χ4n) is 3.93. The highest BCUT2D eigenvalue weighted by atomic mass is 35.5. The first kappa shape index (κ1) is 18.8. The summed E-state index contributed by atoms with van der Waals surface area (Å²) in [6.07, 6.45) is 2.79. The summed E-state index contributed by atoms with van der Waals surface area (Å²) in [6.45, 7) is 7.97. The van der Waals surface area contributed by atoms with Gasteiger partial charge in [0.15, 0.2) is 10.3 Å². The summed E-state index contributed by atoms with van der Waals surface area (Å²) in [5, 5.41) is 2.31. The fraction of sp³-hybridized carbons (Fsp3) is 0.526. The van der Waals surface area contributed by atoms with Gasteiger partial charge in [0, 0.05) is 30.5 Å². The van der Waals surface area contributed by atoms with Crippen LogP contribution in [0.15, 0.2) is 5.16 Å². The minimum Gasteiger partial charge on any atom is -0.378 e. The third-order valence-electron chi connectivity index (χ3n) is 5.30. The molecule has 2 aliphatic heterocycles. The highest BCUT2D eigenvalue weighted by Crippen LogP contribution is 2.44. The zero-order valence-corrected chi connectivity index (χ0v) is 18.4. The molecule has 6 nitrogen and oxygen atoms in total. The predicted octanol–water partition coefficient (Wildman–Crippen LogP) is 4.30. The highest BCUT2D eigenvalue weighted by molar-refractivity contribution is 7.98. The van der Waals surface area contributed by atoms with Gasteiger partial charge in [-0.1, -0.05) is 23.4 Å². The lowest BCUT2D eigenvalue weighted by Gasteiger charge is -2.36. The van der Waals surface area contributed by atoms with Crippen molar-refractivity contribution in [3.05, 3.63) is 16.3 Å². The lowest BCUT2D eigenvalue weighted by atomic mass is 9.90. The third kappa shape index (κ3) is 3.06. The van der Waals surface area contributed by atoms with Crippen molar-refractivity contribution in [3.63, 3.8) is 0 Å². The van der Waals surface area contributed by atoms with E-state index in [1.165, 1.54) is 22.9 Å². The Kier molecular flexibility index (Phi) is 4.67. The Morgan fingerprint density at radius 3 is 2.68 bits per heavy atom. The molecule has 0 spiro atoms. The van der Waals surface area contributed by atoms with Crippen molar-refractivity contribution in [1.29, 1.82) is 0 Å². The van der Waals surface area contributed by atoms with Crippen LogP contribution in [0.5, 0.6) is 0 Å². The molecule has 3 aromatic heterocycles. The van der Waals surface area contributed by atoms with Crippen LogP contribution in [0.25, 0.3) is 20.4 Å². The zero-order valence-electron chi connectivity index (χ0n) is 16.0. The second kappa shape index (κ2) is 6.95. The second-order valence-corrected chi connectivity index (χ2v) is 9.81. The van der Waals surface area contributed by atoms with Crippen molar-refractivity contribution in [3.8, 4) is 0 Å². The normalized spacial score (nSPS) is 19.4. The molecular formula is C19H21ClN4O2S2. The van der Waals surface area contributed by atoms with Gasteiger partial charge in [-0.05, 0) is 25.7 Å². The molecular weight excluding hydrogens is 416 g/mol. The van der Waals surface area contributed by atoms with E-state index in [9.17, 15) is 0 Å². The average Bonchev–Trinajstić information content (AvgIpc) is 3.06. The summed E-state index contributed by atoms with van der Waals surface area (Å²) in [7, 11) is 0. The number of ether oxygens (including phenoxy) is 2. The minimum atomic E-state index is -0.225. The van der Waals surface area contributed by atoms with Crippen LogP contribution in [0, 0.1) is 0 Å². The summed E-state index contributed by atoms with van der Waals surface area (Å²) in [5.74, 6) is 1.02. The molecule has 5 heterocycles. The molecule has 0 bridgehead atoms. The number of hydrogen-bond acceptors (Lipinski definition) is 8. The number of halogens is 1. The molecule has 0 N–H and O–H groups in total. The summed E-state index contributed by atoms with van der Waals surface area (Å²) in [4.78, 5) is 17.6. The maximum atomic E-state index is 6.51. The van der Waals surface area contributed by atoms with Gasteiger partial charge in [-0.2, -0.15) is 0 Å². The van der Waals surface area contributed by atoms with Crippen molar-refractivity contribution in [2.45, 2.75) is 37.6 Å². The van der Waals surface area contributed by atoms with E-state index in [0.717, 1.165) is 59.0 Å². The number of fused-ring (bicyclic) bond motifs is 5. The smallest absolute Gasteiger partial charge is 0.189 e. The van der Waals surface area contributed by atoms with E-state index in [4.69, 9.17) is 31.0 Å². The Hall–Kier alpha value is -1.19. The molecule has 9 heteroatoms. The van der Waals surface area contributed by atoms with Crippen molar-refractivity contribution < 1.29 is 9.47 Å². The van der Waals surface area contributed by atoms with E-state index in [0.29, 0.717) is 16.9 Å². The zero-order chi connectivity index (χ0) is 19.5. The first-order valence-corrected chi connectivity index (χ1v) is 11.7. The number of thioether (sulfide) groups is 1. The fourth-order valence-corrected chi connectivity index (χ4v) is 5.65. The molecule has 0 aromatic carbocycles. The van der Waals surface area contributed by atoms with Gasteiger partial charge in [-0.25, -0.2) is 15.0 Å². The highest BCUT2D eigenvalue weighted by Gasteiger charge is 2.33. The number of anilines is 1. The Morgan fingerprint density at radius 2 is 1.93 bits per heavy atom. The van der Waals surface area contributed by atoms with Crippen LogP contribution < -0.4 is 4.90 Å². The number of aromatic nitrogens is 3. The van der Waals surface area contributed by atoms with Crippen LogP contribution in [0.2, 0.25) is 5.15 Å². The molecule has 0 radical (unpaired) electrons. The van der Waals surface area contributed by atoms with Crippen LogP contribution >= 0.6 is 34.7 Å². The molecule has 0 unspecified atom stereocenters. The van der Waals surface area contributed by atoms with E-state index < -0.39 is 0 Å². The summed E-state index contributed by atoms with van der Waals surface area (Å²) < 4.78 is 12.6. The quantitative estimate of drug-likeness (QED) is 0.337. The van der Waals surface area contributed by atoms with Gasteiger partial charge in [0.25, 0.3) is 0 Å². The van der Waals surface area contributed by atoms with E-state index in [1.807, 2.05) is 6.26 Å². The Balaban J connectivity index is 1.82. The largest absolute Gasteiger partial charge is 0.378 e. The van der Waals surface area contributed by atoms with Crippen LogP contribution in [-0.4, -0.2) is 53.1 Å². The summed E-state index contributed by atoms with van der Waals surface area (Å²) in [5.41, 5.74) is 3.15. The van der Waals surface area contributed by atoms with Gasteiger partial charge >= 0.3 is 0 Å². The van der Waals surface area contributed by atoms with Crippen molar-refractivity contribution >= 4 is 61.0 Å². The Labute approximate surface area is 176 Å². The molecule has 0 saturated carbocycles. The van der Waals surface area contributed by atoms with Gasteiger partial charge in [-0.15, -0.1) is 11.3 Å². The van der Waals surface area contributed by atoms with Crippen LogP contribution in [0.4, 0.5) is 5.82 Å². The lowest BCUT2D eigenvalue weighted by Crippen LogP contribution is -2.39. The Bertz CT molecular complexity index is 1080. The predicted molar refractivity (Wildman–Crippen MR) is 115 cm³/mol. The molecule has 0 aliphatic carbocycles. The number of pyridine rings is 1. The summed E-state index contributed by atoms with van der Waals surface area (Å²) in [6, 6.07) is 0. The second-order valence-electron chi connectivity index (χ2n) is 7.68.